The van der Waals surface area contributed by atoms with Crippen molar-refractivity contribution < 1.29 is 9.90 Å². The number of allylic oxidation sites excluding steroid dienone is 2. The summed E-state index contributed by atoms with van der Waals surface area (Å²) in [4.78, 5) is 19.3. The second kappa shape index (κ2) is 10.3. The maximum atomic E-state index is 14.4. The van der Waals surface area contributed by atoms with Crippen LogP contribution in [0.4, 0.5) is 0 Å². The molecule has 5 fully saturated rings. The van der Waals surface area contributed by atoms with E-state index in [4.69, 9.17) is 0 Å². The SMILES string of the molecule is CN1CCN(CCNC(=O)[C@]23CCC(C)(C)C[C@H]2C2=CC[C@@H]4[C@@]5(C)CC[C@H](O)C(C)(C)[C@@H]5CC[C@@]4(C)[C@]2(C)CC3)CC1. The predicted octanol–water partition coefficient (Wildman–Crippen LogP) is 6.51. The summed E-state index contributed by atoms with van der Waals surface area (Å²) in [5, 5.41) is 14.6. The first kappa shape index (κ1) is 31.1. The van der Waals surface area contributed by atoms with Crippen molar-refractivity contribution in [3.63, 3.8) is 0 Å². The minimum Gasteiger partial charge on any atom is -0.393 e. The van der Waals surface area contributed by atoms with Crippen LogP contribution < -0.4 is 5.32 Å². The second-order valence-corrected chi connectivity index (χ2v) is 18.1. The summed E-state index contributed by atoms with van der Waals surface area (Å²) < 4.78 is 0. The highest BCUT2D eigenvalue weighted by Gasteiger charge is 2.69. The van der Waals surface area contributed by atoms with Crippen LogP contribution in [0.2, 0.25) is 0 Å². The Morgan fingerprint density at radius 1 is 0.905 bits per heavy atom. The van der Waals surface area contributed by atoms with Crippen molar-refractivity contribution in [3.05, 3.63) is 11.6 Å². The number of hydrogen-bond donors (Lipinski definition) is 2. The minimum absolute atomic E-state index is 0.0173. The molecule has 0 unspecified atom stereocenters. The molecule has 4 saturated carbocycles. The standard InChI is InChI=1S/C37H63N3O2/c1-32(2)15-17-37(31(42)38-19-20-40-23-21-39(8)22-24-40)18-16-35(6)26(27(37)25-32)9-10-29-34(5)13-12-30(41)33(3,4)28(34)11-14-36(29,35)7/h9,27-30,41H,10-25H2,1-8H3,(H,38,42)/t27-,28-,29+,30-,34-,35+,36+,37-/m0/s1. The van der Waals surface area contributed by atoms with Gasteiger partial charge in [0.2, 0.25) is 5.91 Å². The van der Waals surface area contributed by atoms with Gasteiger partial charge in [0.15, 0.2) is 0 Å². The highest BCUT2D eigenvalue weighted by Crippen LogP contribution is 2.75. The molecule has 0 spiro atoms. The van der Waals surface area contributed by atoms with E-state index in [2.05, 4.69) is 76.7 Å². The number of rotatable bonds is 4. The molecule has 5 aliphatic carbocycles. The number of fused-ring (bicyclic) bond motifs is 7. The van der Waals surface area contributed by atoms with Crippen molar-refractivity contribution in [1.29, 1.82) is 0 Å². The topological polar surface area (TPSA) is 55.8 Å². The zero-order valence-corrected chi connectivity index (χ0v) is 28.5. The third kappa shape index (κ3) is 4.51. The number of aliphatic hydroxyl groups is 1. The van der Waals surface area contributed by atoms with E-state index in [0.29, 0.717) is 23.7 Å². The molecule has 1 aliphatic heterocycles. The molecule has 5 heteroatoms. The number of carbonyl (C=O) groups excluding carboxylic acids is 1. The van der Waals surface area contributed by atoms with E-state index in [1.54, 1.807) is 5.57 Å². The van der Waals surface area contributed by atoms with Gasteiger partial charge in [0.25, 0.3) is 0 Å². The number of aliphatic hydroxyl groups excluding tert-OH is 1. The Hall–Kier alpha value is -0.910. The molecule has 1 heterocycles. The van der Waals surface area contributed by atoms with Gasteiger partial charge in [-0.2, -0.15) is 0 Å². The number of likely N-dealkylation sites (N-methyl/N-ethyl adjacent to an activating group) is 1. The summed E-state index contributed by atoms with van der Waals surface area (Å²) in [5.41, 5.74) is 2.32. The summed E-state index contributed by atoms with van der Waals surface area (Å²) in [6.45, 7) is 23.7. The minimum atomic E-state index is -0.246. The number of nitrogens with one attached hydrogen (secondary N) is 1. The van der Waals surface area contributed by atoms with Gasteiger partial charge in [-0.3, -0.25) is 9.69 Å². The largest absolute Gasteiger partial charge is 0.393 e. The molecule has 1 amide bonds. The average Bonchev–Trinajstić information content (AvgIpc) is 2.92. The first-order chi connectivity index (χ1) is 19.6. The third-order valence-electron chi connectivity index (χ3n) is 15.4. The van der Waals surface area contributed by atoms with Crippen LogP contribution in [0.5, 0.6) is 0 Å². The van der Waals surface area contributed by atoms with Crippen LogP contribution in [-0.2, 0) is 4.79 Å². The smallest absolute Gasteiger partial charge is 0.226 e. The molecule has 0 aromatic carbocycles. The first-order valence-electron chi connectivity index (χ1n) is 17.7. The Morgan fingerprint density at radius 3 is 2.31 bits per heavy atom. The van der Waals surface area contributed by atoms with E-state index in [0.717, 1.165) is 90.6 Å². The lowest BCUT2D eigenvalue weighted by Gasteiger charge is -2.71. The maximum absolute atomic E-state index is 14.4. The van der Waals surface area contributed by atoms with Crippen LogP contribution in [0.25, 0.3) is 0 Å². The zero-order chi connectivity index (χ0) is 30.3. The van der Waals surface area contributed by atoms with Crippen LogP contribution in [-0.4, -0.2) is 73.2 Å². The molecule has 8 atom stereocenters. The van der Waals surface area contributed by atoms with Gasteiger partial charge in [-0.1, -0.05) is 60.1 Å². The number of carbonyl (C=O) groups is 1. The van der Waals surface area contributed by atoms with Crippen LogP contribution in [0.1, 0.15) is 113 Å². The number of nitrogens with zero attached hydrogens (tertiary/aromatic N) is 2. The monoisotopic (exact) mass is 581 g/mol. The molecule has 0 aromatic heterocycles. The Kier molecular flexibility index (Phi) is 7.63. The molecule has 6 rings (SSSR count). The molecule has 42 heavy (non-hydrogen) atoms. The molecule has 0 bridgehead atoms. The van der Waals surface area contributed by atoms with Crippen LogP contribution in [0.15, 0.2) is 11.6 Å². The van der Waals surface area contributed by atoms with Crippen LogP contribution >= 0.6 is 0 Å². The van der Waals surface area contributed by atoms with Gasteiger partial charge in [-0.25, -0.2) is 0 Å². The Bertz CT molecular complexity index is 1090. The van der Waals surface area contributed by atoms with Gasteiger partial charge in [-0.05, 0) is 116 Å². The van der Waals surface area contributed by atoms with Crippen molar-refractivity contribution in [2.75, 3.05) is 46.3 Å². The van der Waals surface area contributed by atoms with Gasteiger partial charge in [-0.15, -0.1) is 0 Å². The summed E-state index contributed by atoms with van der Waals surface area (Å²) in [6, 6.07) is 0. The highest BCUT2D eigenvalue weighted by molar-refractivity contribution is 5.84. The maximum Gasteiger partial charge on any atom is 0.226 e. The van der Waals surface area contributed by atoms with E-state index in [-0.39, 0.29) is 38.6 Å². The van der Waals surface area contributed by atoms with Gasteiger partial charge in [0.1, 0.15) is 0 Å². The molecular formula is C37H63N3O2. The predicted molar refractivity (Wildman–Crippen MR) is 172 cm³/mol. The van der Waals surface area contributed by atoms with Gasteiger partial charge in [0.05, 0.1) is 11.5 Å². The molecule has 1 saturated heterocycles. The first-order valence-corrected chi connectivity index (χ1v) is 17.7. The fourth-order valence-electron chi connectivity index (χ4n) is 12.2. The van der Waals surface area contributed by atoms with E-state index in [9.17, 15) is 9.90 Å². The summed E-state index contributed by atoms with van der Waals surface area (Å²) >= 11 is 0. The summed E-state index contributed by atoms with van der Waals surface area (Å²) in [7, 11) is 2.20. The van der Waals surface area contributed by atoms with E-state index >= 15 is 0 Å². The third-order valence-corrected chi connectivity index (χ3v) is 15.4. The Morgan fingerprint density at radius 2 is 1.60 bits per heavy atom. The lowest BCUT2D eigenvalue weighted by Crippen LogP contribution is -2.65. The Labute approximate surface area is 257 Å². The number of amides is 1. The zero-order valence-electron chi connectivity index (χ0n) is 28.5. The second-order valence-electron chi connectivity index (χ2n) is 18.1. The molecule has 5 nitrogen and oxygen atoms in total. The molecule has 0 aromatic rings. The van der Waals surface area contributed by atoms with Crippen molar-refractivity contribution in [2.24, 2.45) is 50.2 Å². The highest BCUT2D eigenvalue weighted by atomic mass is 16.3. The van der Waals surface area contributed by atoms with E-state index < -0.39 is 0 Å². The van der Waals surface area contributed by atoms with Crippen LogP contribution in [0.3, 0.4) is 0 Å². The molecule has 2 N–H and O–H groups in total. The molecule has 238 valence electrons. The fraction of sp³-hybridized carbons (Fsp3) is 0.919. The van der Waals surface area contributed by atoms with Crippen LogP contribution in [0, 0.1) is 50.2 Å². The Balaban J connectivity index is 1.28. The molecule has 0 radical (unpaired) electrons. The van der Waals surface area contributed by atoms with Crippen molar-refractivity contribution in [2.45, 2.75) is 119 Å². The summed E-state index contributed by atoms with van der Waals surface area (Å²) in [5.74, 6) is 1.93. The van der Waals surface area contributed by atoms with E-state index in [1.807, 2.05) is 0 Å². The van der Waals surface area contributed by atoms with Crippen molar-refractivity contribution in [1.82, 2.24) is 15.1 Å². The van der Waals surface area contributed by atoms with E-state index in [1.165, 1.54) is 12.8 Å². The van der Waals surface area contributed by atoms with Gasteiger partial charge < -0.3 is 15.3 Å². The lowest BCUT2D eigenvalue weighted by molar-refractivity contribution is -0.203. The van der Waals surface area contributed by atoms with Gasteiger partial charge >= 0.3 is 0 Å². The lowest BCUT2D eigenvalue weighted by atomic mass is 9.33. The average molecular weight is 582 g/mol. The summed E-state index contributed by atoms with van der Waals surface area (Å²) in [6.07, 6.45) is 13.7. The van der Waals surface area contributed by atoms with Crippen molar-refractivity contribution in [3.8, 4) is 0 Å². The van der Waals surface area contributed by atoms with Crippen molar-refractivity contribution >= 4 is 5.91 Å². The molecule has 6 aliphatic rings. The van der Waals surface area contributed by atoms with Gasteiger partial charge in [0, 0.05) is 39.3 Å². The number of piperazine rings is 1. The number of hydrogen-bond acceptors (Lipinski definition) is 4. The normalized spacial score (nSPS) is 46.8. The quantitative estimate of drug-likeness (QED) is 0.372. The molecular weight excluding hydrogens is 518 g/mol. The fourth-order valence-corrected chi connectivity index (χ4v) is 12.2.